The third kappa shape index (κ3) is 4.10. The average molecular weight is 369 g/mol. The molecule has 0 saturated carbocycles. The number of amides is 1. The van der Waals surface area contributed by atoms with Crippen molar-refractivity contribution in [3.8, 4) is 0 Å². The van der Waals surface area contributed by atoms with Gasteiger partial charge in [-0.25, -0.2) is 8.42 Å². The molecule has 0 bridgehead atoms. The van der Waals surface area contributed by atoms with Gasteiger partial charge < -0.3 is 4.90 Å². The van der Waals surface area contributed by atoms with Gasteiger partial charge >= 0.3 is 0 Å². The standard InChI is InChI=1S/C14H15N3O3S3/c18-13(8-21-14-16-15-10-22-14)17(11-4-2-1-3-5-11)12-6-7-23(19,20)9-12/h1-5,10,12H,6-9H2/t12-/m0/s1. The number of nitrogens with zero attached hydrogens (tertiary/aromatic N) is 3. The summed E-state index contributed by atoms with van der Waals surface area (Å²) in [4.78, 5) is 14.3. The molecule has 1 aliphatic rings. The summed E-state index contributed by atoms with van der Waals surface area (Å²) in [6.07, 6.45) is 0.479. The molecule has 2 heterocycles. The van der Waals surface area contributed by atoms with Gasteiger partial charge in [0.2, 0.25) is 5.91 Å². The van der Waals surface area contributed by atoms with Crippen molar-refractivity contribution in [1.29, 1.82) is 0 Å². The minimum Gasteiger partial charge on any atom is -0.308 e. The number of para-hydroxylation sites is 1. The lowest BCUT2D eigenvalue weighted by Crippen LogP contribution is -2.42. The molecular formula is C14H15N3O3S3. The SMILES string of the molecule is O=C(CSc1nncs1)N(c1ccccc1)[C@H]1CCS(=O)(=O)C1. The Labute approximate surface area is 142 Å². The second-order valence-electron chi connectivity index (χ2n) is 5.15. The van der Waals surface area contributed by atoms with Crippen molar-refractivity contribution >= 4 is 44.5 Å². The van der Waals surface area contributed by atoms with E-state index >= 15 is 0 Å². The van der Waals surface area contributed by atoms with Gasteiger partial charge in [-0.15, -0.1) is 10.2 Å². The van der Waals surface area contributed by atoms with E-state index in [4.69, 9.17) is 0 Å². The van der Waals surface area contributed by atoms with Crippen LogP contribution in [0.15, 0.2) is 40.2 Å². The van der Waals surface area contributed by atoms with Gasteiger partial charge in [0.25, 0.3) is 0 Å². The molecule has 0 unspecified atom stereocenters. The van der Waals surface area contributed by atoms with E-state index in [-0.39, 0.29) is 29.2 Å². The number of hydrogen-bond acceptors (Lipinski definition) is 7. The molecule has 23 heavy (non-hydrogen) atoms. The minimum atomic E-state index is -3.06. The van der Waals surface area contributed by atoms with Crippen LogP contribution in [-0.4, -0.2) is 47.8 Å². The number of hydrogen-bond donors (Lipinski definition) is 0. The van der Waals surface area contributed by atoms with E-state index in [1.54, 1.807) is 10.4 Å². The van der Waals surface area contributed by atoms with Crippen molar-refractivity contribution < 1.29 is 13.2 Å². The van der Waals surface area contributed by atoms with Crippen LogP contribution < -0.4 is 4.90 Å². The lowest BCUT2D eigenvalue weighted by atomic mass is 10.2. The summed E-state index contributed by atoms with van der Waals surface area (Å²) < 4.78 is 24.3. The van der Waals surface area contributed by atoms with Crippen LogP contribution in [0, 0.1) is 0 Å². The zero-order valence-electron chi connectivity index (χ0n) is 12.2. The van der Waals surface area contributed by atoms with E-state index in [1.165, 1.54) is 23.1 Å². The highest BCUT2D eigenvalue weighted by molar-refractivity contribution is 8.01. The molecule has 1 saturated heterocycles. The third-order valence-electron chi connectivity index (χ3n) is 3.54. The van der Waals surface area contributed by atoms with Gasteiger partial charge in [0, 0.05) is 5.69 Å². The van der Waals surface area contributed by atoms with Crippen molar-refractivity contribution in [2.24, 2.45) is 0 Å². The fourth-order valence-corrected chi connectivity index (χ4v) is 5.59. The van der Waals surface area contributed by atoms with E-state index in [1.807, 2.05) is 30.3 Å². The number of anilines is 1. The average Bonchev–Trinajstić information content (AvgIpc) is 3.16. The molecule has 1 atom stereocenters. The molecule has 1 fully saturated rings. The van der Waals surface area contributed by atoms with E-state index < -0.39 is 9.84 Å². The first-order valence-corrected chi connectivity index (χ1v) is 10.7. The van der Waals surface area contributed by atoms with Crippen LogP contribution in [0.3, 0.4) is 0 Å². The minimum absolute atomic E-state index is 0.0249. The lowest BCUT2D eigenvalue weighted by molar-refractivity contribution is -0.116. The molecule has 6 nitrogen and oxygen atoms in total. The van der Waals surface area contributed by atoms with E-state index in [0.29, 0.717) is 6.42 Å². The molecule has 0 spiro atoms. The van der Waals surface area contributed by atoms with Crippen LogP contribution in [0.25, 0.3) is 0 Å². The van der Waals surface area contributed by atoms with Gasteiger partial charge in [0.1, 0.15) is 5.51 Å². The third-order valence-corrected chi connectivity index (χ3v) is 7.13. The molecule has 0 N–H and O–H groups in total. The van der Waals surface area contributed by atoms with Gasteiger partial charge in [-0.05, 0) is 18.6 Å². The highest BCUT2D eigenvalue weighted by Crippen LogP contribution is 2.27. The van der Waals surface area contributed by atoms with Crippen molar-refractivity contribution in [1.82, 2.24) is 10.2 Å². The molecular weight excluding hydrogens is 354 g/mol. The molecule has 1 aromatic carbocycles. The first-order valence-electron chi connectivity index (χ1n) is 7.02. The van der Waals surface area contributed by atoms with Crippen molar-refractivity contribution in [3.63, 3.8) is 0 Å². The highest BCUT2D eigenvalue weighted by Gasteiger charge is 2.35. The van der Waals surface area contributed by atoms with E-state index in [2.05, 4.69) is 10.2 Å². The summed E-state index contributed by atoms with van der Waals surface area (Å²) in [5, 5.41) is 7.65. The van der Waals surface area contributed by atoms with Crippen LogP contribution in [-0.2, 0) is 14.6 Å². The maximum Gasteiger partial charge on any atom is 0.237 e. The summed E-state index contributed by atoms with van der Waals surface area (Å²) >= 11 is 2.70. The van der Waals surface area contributed by atoms with Gasteiger partial charge in [-0.1, -0.05) is 41.3 Å². The molecule has 2 aromatic rings. The Morgan fingerprint density at radius 2 is 2.13 bits per heavy atom. The molecule has 3 rings (SSSR count). The first-order chi connectivity index (χ1) is 11.1. The molecule has 1 aromatic heterocycles. The number of aromatic nitrogens is 2. The maximum absolute atomic E-state index is 12.7. The van der Waals surface area contributed by atoms with Gasteiger partial charge in [-0.2, -0.15) is 0 Å². The Kier molecular flexibility index (Phi) is 4.98. The van der Waals surface area contributed by atoms with Crippen molar-refractivity contribution in [3.05, 3.63) is 35.8 Å². The molecule has 0 radical (unpaired) electrons. The van der Waals surface area contributed by atoms with Crippen LogP contribution in [0.1, 0.15) is 6.42 Å². The van der Waals surface area contributed by atoms with E-state index in [0.717, 1.165) is 10.0 Å². The molecule has 122 valence electrons. The number of thioether (sulfide) groups is 1. The zero-order chi connectivity index (χ0) is 16.3. The lowest BCUT2D eigenvalue weighted by Gasteiger charge is -2.28. The molecule has 1 amide bonds. The summed E-state index contributed by atoms with van der Waals surface area (Å²) in [7, 11) is -3.06. The van der Waals surface area contributed by atoms with Gasteiger partial charge in [0.15, 0.2) is 14.2 Å². The monoisotopic (exact) mass is 369 g/mol. The second-order valence-corrected chi connectivity index (χ2v) is 9.43. The molecule has 1 aliphatic heterocycles. The number of carbonyl (C=O) groups is 1. The molecule has 0 aliphatic carbocycles. The largest absolute Gasteiger partial charge is 0.308 e. The van der Waals surface area contributed by atoms with Crippen molar-refractivity contribution in [2.45, 2.75) is 16.8 Å². The number of benzene rings is 1. The zero-order valence-corrected chi connectivity index (χ0v) is 14.6. The smallest absolute Gasteiger partial charge is 0.237 e. The number of carbonyl (C=O) groups excluding carboxylic acids is 1. The first kappa shape index (κ1) is 16.4. The predicted octanol–water partition coefficient (Wildman–Crippen LogP) is 1.85. The topological polar surface area (TPSA) is 80.2 Å². The summed E-state index contributed by atoms with van der Waals surface area (Å²) in [5.74, 6) is 0.258. The Morgan fingerprint density at radius 3 is 2.74 bits per heavy atom. The van der Waals surface area contributed by atoms with Crippen LogP contribution in [0.5, 0.6) is 0 Å². The Hall–Kier alpha value is -1.45. The Bertz CT molecular complexity index is 763. The van der Waals surface area contributed by atoms with Crippen LogP contribution in [0.4, 0.5) is 5.69 Å². The quantitative estimate of drug-likeness (QED) is 0.748. The van der Waals surface area contributed by atoms with Gasteiger partial charge in [-0.3, -0.25) is 4.79 Å². The number of rotatable bonds is 5. The van der Waals surface area contributed by atoms with Gasteiger partial charge in [0.05, 0.1) is 23.3 Å². The van der Waals surface area contributed by atoms with Crippen molar-refractivity contribution in [2.75, 3.05) is 22.2 Å². The summed E-state index contributed by atoms with van der Waals surface area (Å²) in [5.41, 5.74) is 2.35. The highest BCUT2D eigenvalue weighted by atomic mass is 32.2. The van der Waals surface area contributed by atoms with Crippen LogP contribution >= 0.6 is 23.1 Å². The fourth-order valence-electron chi connectivity index (χ4n) is 2.54. The predicted molar refractivity (Wildman–Crippen MR) is 91.6 cm³/mol. The normalized spacial score (nSPS) is 19.6. The fraction of sp³-hybridized carbons (Fsp3) is 0.357. The second kappa shape index (κ2) is 6.98. The molecule has 9 heteroatoms. The summed E-state index contributed by atoms with van der Waals surface area (Å²) in [6, 6.07) is 8.92. The summed E-state index contributed by atoms with van der Waals surface area (Å²) in [6.45, 7) is 0. The van der Waals surface area contributed by atoms with Crippen LogP contribution in [0.2, 0.25) is 0 Å². The Morgan fingerprint density at radius 1 is 1.35 bits per heavy atom. The maximum atomic E-state index is 12.7. The van der Waals surface area contributed by atoms with E-state index in [9.17, 15) is 13.2 Å². The number of sulfone groups is 1. The Balaban J connectivity index is 1.79.